The Kier molecular flexibility index (Phi) is 4.21. The van der Waals surface area contributed by atoms with E-state index in [9.17, 15) is 0 Å². The van der Waals surface area contributed by atoms with E-state index in [2.05, 4.69) is 67.7 Å². The molecule has 1 aliphatic heterocycles. The first-order chi connectivity index (χ1) is 10.6. The third-order valence-electron chi connectivity index (χ3n) is 5.10. The summed E-state index contributed by atoms with van der Waals surface area (Å²) >= 11 is 0. The van der Waals surface area contributed by atoms with Crippen molar-refractivity contribution in [3.05, 3.63) is 65.2 Å². The Morgan fingerprint density at radius 3 is 2.09 bits per heavy atom. The fourth-order valence-corrected chi connectivity index (χ4v) is 3.58. The van der Waals surface area contributed by atoms with Crippen molar-refractivity contribution < 1.29 is 4.74 Å². The summed E-state index contributed by atoms with van der Waals surface area (Å²) in [7, 11) is 1.71. The number of ether oxygens (including phenoxy) is 1. The fraction of sp³-hybridized carbons (Fsp3) is 0.400. The van der Waals surface area contributed by atoms with Crippen molar-refractivity contribution in [1.82, 2.24) is 5.32 Å². The molecular formula is C20H25NO. The van der Waals surface area contributed by atoms with Crippen LogP contribution in [0.25, 0.3) is 0 Å². The average Bonchev–Trinajstić information content (AvgIpc) is 3.10. The molecule has 0 aromatic heterocycles. The van der Waals surface area contributed by atoms with Gasteiger partial charge in [-0.2, -0.15) is 0 Å². The van der Waals surface area contributed by atoms with Crippen LogP contribution in [0.2, 0.25) is 0 Å². The largest absolute Gasteiger partial charge is 0.497 e. The topological polar surface area (TPSA) is 21.3 Å². The van der Waals surface area contributed by atoms with Gasteiger partial charge in [0.2, 0.25) is 0 Å². The Balaban J connectivity index is 2.06. The van der Waals surface area contributed by atoms with Gasteiger partial charge in [0.05, 0.1) is 7.11 Å². The number of hydrogen-bond acceptors (Lipinski definition) is 2. The van der Waals surface area contributed by atoms with Crippen LogP contribution in [0.4, 0.5) is 0 Å². The van der Waals surface area contributed by atoms with Gasteiger partial charge in [-0.05, 0) is 56.5 Å². The van der Waals surface area contributed by atoms with Crippen molar-refractivity contribution in [3.63, 3.8) is 0 Å². The molecule has 0 amide bonds. The number of benzene rings is 2. The van der Waals surface area contributed by atoms with Crippen LogP contribution in [0.3, 0.4) is 0 Å². The molecule has 0 saturated carbocycles. The summed E-state index contributed by atoms with van der Waals surface area (Å²) in [5.41, 5.74) is 4.01. The van der Waals surface area contributed by atoms with E-state index in [0.29, 0.717) is 6.04 Å². The van der Waals surface area contributed by atoms with E-state index in [1.165, 1.54) is 29.5 Å². The Labute approximate surface area is 133 Å². The van der Waals surface area contributed by atoms with Crippen molar-refractivity contribution >= 4 is 0 Å². The van der Waals surface area contributed by atoms with Gasteiger partial charge in [-0.15, -0.1) is 0 Å². The lowest BCUT2D eigenvalue weighted by Gasteiger charge is -2.37. The van der Waals surface area contributed by atoms with Crippen LogP contribution in [0, 0.1) is 6.92 Å². The second-order valence-electron chi connectivity index (χ2n) is 6.45. The van der Waals surface area contributed by atoms with Crippen molar-refractivity contribution in [2.45, 2.75) is 38.1 Å². The average molecular weight is 295 g/mol. The maximum atomic E-state index is 5.31. The van der Waals surface area contributed by atoms with Gasteiger partial charge in [0, 0.05) is 11.5 Å². The van der Waals surface area contributed by atoms with E-state index in [4.69, 9.17) is 4.74 Å². The van der Waals surface area contributed by atoms with Crippen molar-refractivity contribution in [2.24, 2.45) is 0 Å². The molecule has 1 fully saturated rings. The molecule has 2 atom stereocenters. The minimum Gasteiger partial charge on any atom is -0.497 e. The molecule has 1 aliphatic rings. The lowest BCUT2D eigenvalue weighted by atomic mass is 9.70. The van der Waals surface area contributed by atoms with Crippen LogP contribution in [0.15, 0.2) is 48.5 Å². The van der Waals surface area contributed by atoms with E-state index in [-0.39, 0.29) is 5.41 Å². The van der Waals surface area contributed by atoms with Crippen molar-refractivity contribution in [3.8, 4) is 5.75 Å². The van der Waals surface area contributed by atoms with Gasteiger partial charge in [0.1, 0.15) is 5.75 Å². The normalized spacial score (nSPS) is 20.6. The summed E-state index contributed by atoms with van der Waals surface area (Å²) in [5, 5.41) is 3.71. The second kappa shape index (κ2) is 6.13. The van der Waals surface area contributed by atoms with Gasteiger partial charge in [0.25, 0.3) is 0 Å². The molecule has 1 heterocycles. The Hall–Kier alpha value is -1.80. The number of methoxy groups -OCH3 is 1. The molecule has 3 rings (SSSR count). The Morgan fingerprint density at radius 2 is 1.59 bits per heavy atom. The first-order valence-electron chi connectivity index (χ1n) is 8.09. The third kappa shape index (κ3) is 2.64. The van der Waals surface area contributed by atoms with Crippen LogP contribution in [0.5, 0.6) is 5.75 Å². The highest BCUT2D eigenvalue weighted by molar-refractivity contribution is 5.43. The molecule has 2 nitrogen and oxygen atoms in total. The maximum Gasteiger partial charge on any atom is 0.118 e. The molecular weight excluding hydrogens is 270 g/mol. The number of nitrogens with one attached hydrogen (secondary N) is 1. The molecule has 22 heavy (non-hydrogen) atoms. The van der Waals surface area contributed by atoms with Gasteiger partial charge in [0.15, 0.2) is 0 Å². The highest BCUT2D eigenvalue weighted by atomic mass is 16.5. The van der Waals surface area contributed by atoms with Crippen LogP contribution in [-0.2, 0) is 5.41 Å². The second-order valence-corrected chi connectivity index (χ2v) is 6.45. The molecule has 116 valence electrons. The van der Waals surface area contributed by atoms with E-state index in [1.807, 2.05) is 0 Å². The van der Waals surface area contributed by atoms with Gasteiger partial charge < -0.3 is 10.1 Å². The third-order valence-corrected chi connectivity index (χ3v) is 5.10. The van der Waals surface area contributed by atoms with E-state index < -0.39 is 0 Å². The van der Waals surface area contributed by atoms with Gasteiger partial charge in [-0.3, -0.25) is 0 Å². The molecule has 0 radical (unpaired) electrons. The SMILES string of the molecule is COc1ccc([C@](C)(c2ccc(C)cc2)C2CCCN2)cc1. The molecule has 1 saturated heterocycles. The van der Waals surface area contributed by atoms with E-state index >= 15 is 0 Å². The smallest absolute Gasteiger partial charge is 0.118 e. The molecule has 2 heteroatoms. The molecule has 2 aromatic carbocycles. The molecule has 1 N–H and O–H groups in total. The first kappa shape index (κ1) is 15.1. The highest BCUT2D eigenvalue weighted by Gasteiger charge is 2.38. The molecule has 1 unspecified atom stereocenters. The van der Waals surface area contributed by atoms with Crippen molar-refractivity contribution in [1.29, 1.82) is 0 Å². The van der Waals surface area contributed by atoms with E-state index in [1.54, 1.807) is 7.11 Å². The van der Waals surface area contributed by atoms with Crippen LogP contribution >= 0.6 is 0 Å². The van der Waals surface area contributed by atoms with Crippen LogP contribution in [0.1, 0.15) is 36.5 Å². The molecule has 2 aromatic rings. The zero-order valence-corrected chi connectivity index (χ0v) is 13.7. The minimum atomic E-state index is -0.0174. The predicted octanol–water partition coefficient (Wildman–Crippen LogP) is 4.06. The summed E-state index contributed by atoms with van der Waals surface area (Å²) in [6.07, 6.45) is 2.47. The number of aryl methyl sites for hydroxylation is 1. The summed E-state index contributed by atoms with van der Waals surface area (Å²) in [5.74, 6) is 0.911. The monoisotopic (exact) mass is 295 g/mol. The predicted molar refractivity (Wildman–Crippen MR) is 91.7 cm³/mol. The molecule has 0 aliphatic carbocycles. The fourth-order valence-electron chi connectivity index (χ4n) is 3.58. The summed E-state index contributed by atoms with van der Waals surface area (Å²) in [4.78, 5) is 0. The first-order valence-corrected chi connectivity index (χ1v) is 8.09. The van der Waals surface area contributed by atoms with E-state index in [0.717, 1.165) is 12.3 Å². The van der Waals surface area contributed by atoms with Gasteiger partial charge >= 0.3 is 0 Å². The maximum absolute atomic E-state index is 5.31. The number of rotatable bonds is 4. The van der Waals surface area contributed by atoms with Crippen molar-refractivity contribution in [2.75, 3.05) is 13.7 Å². The van der Waals surface area contributed by atoms with Gasteiger partial charge in [-0.1, -0.05) is 42.0 Å². The quantitative estimate of drug-likeness (QED) is 0.918. The lowest BCUT2D eigenvalue weighted by molar-refractivity contribution is 0.401. The summed E-state index contributed by atoms with van der Waals surface area (Å²) in [6, 6.07) is 18.0. The standard InChI is InChI=1S/C20H25NO/c1-15-6-8-16(9-7-15)20(2,19-5-4-14-21-19)17-10-12-18(22-3)13-11-17/h6-13,19,21H,4-5,14H2,1-3H3/t19?,20-/m0/s1. The Bertz CT molecular complexity index is 611. The summed E-state index contributed by atoms with van der Waals surface area (Å²) in [6.45, 7) is 5.62. The summed E-state index contributed by atoms with van der Waals surface area (Å²) < 4.78 is 5.31. The minimum absolute atomic E-state index is 0.0174. The molecule has 0 spiro atoms. The number of hydrogen-bond donors (Lipinski definition) is 1. The zero-order valence-electron chi connectivity index (χ0n) is 13.7. The van der Waals surface area contributed by atoms with Gasteiger partial charge in [-0.25, -0.2) is 0 Å². The van der Waals surface area contributed by atoms with Crippen LogP contribution in [-0.4, -0.2) is 19.7 Å². The molecule has 0 bridgehead atoms. The lowest BCUT2D eigenvalue weighted by Crippen LogP contribution is -2.43. The zero-order chi connectivity index (χ0) is 15.6. The van der Waals surface area contributed by atoms with Crippen LogP contribution < -0.4 is 10.1 Å². The Morgan fingerprint density at radius 1 is 1.00 bits per heavy atom. The highest BCUT2D eigenvalue weighted by Crippen LogP contribution is 2.39.